The van der Waals surface area contributed by atoms with E-state index in [0.717, 1.165) is 19.1 Å². The van der Waals surface area contributed by atoms with Crippen molar-refractivity contribution in [1.82, 2.24) is 0 Å². The maximum Gasteiger partial charge on any atom is 0.131 e. The van der Waals surface area contributed by atoms with Gasteiger partial charge in [-0.1, -0.05) is 47.6 Å². The molecule has 0 aromatic rings. The van der Waals surface area contributed by atoms with E-state index in [1.54, 1.807) is 0 Å². The summed E-state index contributed by atoms with van der Waals surface area (Å²) >= 11 is 0. The zero-order chi connectivity index (χ0) is 9.10. The molecule has 2 aliphatic rings. The molecule has 1 nitrogen and oxygen atoms in total. The van der Waals surface area contributed by atoms with Crippen LogP contribution in [0.25, 0.3) is 0 Å². The second-order valence-electron chi connectivity index (χ2n) is 3.36. The zero-order valence-electron chi connectivity index (χ0n) is 7.44. The first-order valence-corrected chi connectivity index (χ1v) is 4.58. The number of carbonyl (C=O) groups excluding carboxylic acids is 1. The summed E-state index contributed by atoms with van der Waals surface area (Å²) in [4.78, 5) is 10.9. The predicted octanol–water partition coefficient (Wildman–Crippen LogP) is 2.57. The Kier molecular flexibility index (Phi) is 2.26. The first-order valence-electron chi connectivity index (χ1n) is 4.58. The average molecular weight is 172 g/mol. The lowest BCUT2D eigenvalue weighted by molar-refractivity contribution is -0.109. The maximum atomic E-state index is 10.9. The molecule has 0 heterocycles. The van der Waals surface area contributed by atoms with Crippen molar-refractivity contribution in [2.75, 3.05) is 0 Å². The molecule has 1 heteroatoms. The van der Waals surface area contributed by atoms with Crippen LogP contribution < -0.4 is 0 Å². The van der Waals surface area contributed by atoms with E-state index in [0.29, 0.717) is 0 Å². The van der Waals surface area contributed by atoms with Crippen LogP contribution in [0, 0.1) is 5.92 Å². The van der Waals surface area contributed by atoms with E-state index in [-0.39, 0.29) is 5.92 Å². The highest BCUT2D eigenvalue weighted by Gasteiger charge is 2.18. The van der Waals surface area contributed by atoms with Crippen LogP contribution in [0.4, 0.5) is 0 Å². The molecular formula is C12H12O. The van der Waals surface area contributed by atoms with E-state index < -0.39 is 0 Å². The van der Waals surface area contributed by atoms with Gasteiger partial charge in [0.2, 0.25) is 0 Å². The van der Waals surface area contributed by atoms with Crippen LogP contribution in [-0.4, -0.2) is 6.29 Å². The number of hydrogen-bond donors (Lipinski definition) is 0. The lowest BCUT2D eigenvalue weighted by Crippen LogP contribution is -2.07. The van der Waals surface area contributed by atoms with Gasteiger partial charge in [-0.05, 0) is 12.8 Å². The maximum absolute atomic E-state index is 10.9. The summed E-state index contributed by atoms with van der Waals surface area (Å²) in [5.74, 6) is 0.0185. The van der Waals surface area contributed by atoms with Crippen molar-refractivity contribution >= 4 is 6.29 Å². The summed E-state index contributed by atoms with van der Waals surface area (Å²) in [7, 11) is 0. The SMILES string of the molecule is O=CC(C1=CC=CC1)C1=CC=CC1. The third-order valence-electron chi connectivity index (χ3n) is 2.53. The lowest BCUT2D eigenvalue weighted by atomic mass is 9.91. The van der Waals surface area contributed by atoms with Gasteiger partial charge in [-0.15, -0.1) is 0 Å². The minimum atomic E-state index is 0.0185. The predicted molar refractivity (Wildman–Crippen MR) is 53.2 cm³/mol. The Balaban J connectivity index is 2.14. The minimum Gasteiger partial charge on any atom is -0.302 e. The van der Waals surface area contributed by atoms with E-state index in [4.69, 9.17) is 0 Å². The number of aldehydes is 1. The van der Waals surface area contributed by atoms with Crippen molar-refractivity contribution in [3.63, 3.8) is 0 Å². The Morgan fingerprint density at radius 1 is 1.08 bits per heavy atom. The lowest BCUT2D eigenvalue weighted by Gasteiger charge is -2.12. The number of rotatable bonds is 3. The van der Waals surface area contributed by atoms with Gasteiger partial charge in [0.1, 0.15) is 6.29 Å². The van der Waals surface area contributed by atoms with Crippen LogP contribution in [0.1, 0.15) is 12.8 Å². The molecule has 13 heavy (non-hydrogen) atoms. The first-order chi connectivity index (χ1) is 6.42. The molecule has 0 bridgehead atoms. The zero-order valence-corrected chi connectivity index (χ0v) is 7.44. The molecule has 2 aliphatic carbocycles. The molecule has 0 amide bonds. The standard InChI is InChI=1S/C12H12O/c13-9-12(10-5-1-2-6-10)11-7-3-4-8-11/h1-5,7,9,12H,6,8H2. The molecule has 0 aliphatic heterocycles. The molecule has 0 unspecified atom stereocenters. The van der Waals surface area contributed by atoms with Crippen molar-refractivity contribution in [1.29, 1.82) is 0 Å². The van der Waals surface area contributed by atoms with Crippen LogP contribution in [0.2, 0.25) is 0 Å². The normalized spacial score (nSPS) is 19.5. The smallest absolute Gasteiger partial charge is 0.131 e. The molecule has 2 rings (SSSR count). The second-order valence-corrected chi connectivity index (χ2v) is 3.36. The Morgan fingerprint density at radius 3 is 1.92 bits per heavy atom. The van der Waals surface area contributed by atoms with Crippen molar-refractivity contribution in [3.8, 4) is 0 Å². The Morgan fingerprint density at radius 2 is 1.62 bits per heavy atom. The second kappa shape index (κ2) is 3.56. The van der Waals surface area contributed by atoms with Gasteiger partial charge < -0.3 is 4.79 Å². The van der Waals surface area contributed by atoms with Gasteiger partial charge in [0.05, 0.1) is 5.92 Å². The molecule has 0 aromatic heterocycles. The van der Waals surface area contributed by atoms with Gasteiger partial charge in [-0.25, -0.2) is 0 Å². The van der Waals surface area contributed by atoms with Gasteiger partial charge in [0, 0.05) is 0 Å². The molecule has 0 N–H and O–H groups in total. The molecule has 0 saturated heterocycles. The van der Waals surface area contributed by atoms with Crippen LogP contribution in [0.15, 0.2) is 47.6 Å². The van der Waals surface area contributed by atoms with Crippen LogP contribution in [0.3, 0.4) is 0 Å². The highest BCUT2D eigenvalue weighted by atomic mass is 16.1. The van der Waals surface area contributed by atoms with Crippen molar-refractivity contribution in [2.24, 2.45) is 5.92 Å². The number of allylic oxidation sites excluding steroid dienone is 8. The molecule has 0 fully saturated rings. The topological polar surface area (TPSA) is 17.1 Å². The Labute approximate surface area is 78.1 Å². The van der Waals surface area contributed by atoms with E-state index >= 15 is 0 Å². The van der Waals surface area contributed by atoms with Crippen LogP contribution >= 0.6 is 0 Å². The number of hydrogen-bond acceptors (Lipinski definition) is 1. The first kappa shape index (κ1) is 8.24. The van der Waals surface area contributed by atoms with Crippen molar-refractivity contribution in [3.05, 3.63) is 47.6 Å². The van der Waals surface area contributed by atoms with Crippen LogP contribution in [-0.2, 0) is 4.79 Å². The van der Waals surface area contributed by atoms with E-state index in [2.05, 4.69) is 24.3 Å². The summed E-state index contributed by atoms with van der Waals surface area (Å²) < 4.78 is 0. The fourth-order valence-electron chi connectivity index (χ4n) is 1.80. The van der Waals surface area contributed by atoms with Gasteiger partial charge in [-0.2, -0.15) is 0 Å². The minimum absolute atomic E-state index is 0.0185. The fraction of sp³-hybridized carbons (Fsp3) is 0.250. The summed E-state index contributed by atoms with van der Waals surface area (Å²) in [6.45, 7) is 0. The third kappa shape index (κ3) is 1.55. The fourth-order valence-corrected chi connectivity index (χ4v) is 1.80. The van der Waals surface area contributed by atoms with E-state index in [1.165, 1.54) is 11.1 Å². The summed E-state index contributed by atoms with van der Waals surface area (Å²) in [6.07, 6.45) is 15.3. The average Bonchev–Trinajstić information content (AvgIpc) is 2.76. The van der Waals surface area contributed by atoms with Gasteiger partial charge in [0.25, 0.3) is 0 Å². The molecular weight excluding hydrogens is 160 g/mol. The quantitative estimate of drug-likeness (QED) is 0.598. The highest BCUT2D eigenvalue weighted by molar-refractivity contribution is 5.66. The molecule has 0 radical (unpaired) electrons. The van der Waals surface area contributed by atoms with Crippen molar-refractivity contribution in [2.45, 2.75) is 12.8 Å². The van der Waals surface area contributed by atoms with Gasteiger partial charge >= 0.3 is 0 Å². The molecule has 0 spiro atoms. The summed E-state index contributed by atoms with van der Waals surface area (Å²) in [6, 6.07) is 0. The van der Waals surface area contributed by atoms with Crippen molar-refractivity contribution < 1.29 is 4.79 Å². The van der Waals surface area contributed by atoms with E-state index in [9.17, 15) is 4.79 Å². The molecule has 0 saturated carbocycles. The van der Waals surface area contributed by atoms with Gasteiger partial charge in [0.15, 0.2) is 0 Å². The molecule has 0 atom stereocenters. The third-order valence-corrected chi connectivity index (χ3v) is 2.53. The Hall–Kier alpha value is -1.37. The highest BCUT2D eigenvalue weighted by Crippen LogP contribution is 2.29. The summed E-state index contributed by atoms with van der Waals surface area (Å²) in [5.41, 5.74) is 2.45. The molecule has 0 aromatic carbocycles. The van der Waals surface area contributed by atoms with E-state index in [1.807, 2.05) is 12.2 Å². The van der Waals surface area contributed by atoms with Gasteiger partial charge in [-0.3, -0.25) is 0 Å². The Bertz CT molecular complexity index is 299. The largest absolute Gasteiger partial charge is 0.302 e. The molecule has 66 valence electrons. The monoisotopic (exact) mass is 172 g/mol. The van der Waals surface area contributed by atoms with Crippen LogP contribution in [0.5, 0.6) is 0 Å². The summed E-state index contributed by atoms with van der Waals surface area (Å²) in [5, 5.41) is 0. The number of carbonyl (C=O) groups is 1.